The van der Waals surface area contributed by atoms with E-state index in [2.05, 4.69) is 49.1 Å². The van der Waals surface area contributed by atoms with Crippen LogP contribution in [0.15, 0.2) is 30.3 Å². The Hall–Kier alpha value is -0.820. The molecule has 19 heavy (non-hydrogen) atoms. The van der Waals surface area contributed by atoms with E-state index >= 15 is 0 Å². The fourth-order valence-electron chi connectivity index (χ4n) is 3.17. The average Bonchev–Trinajstić information content (AvgIpc) is 2.41. The van der Waals surface area contributed by atoms with Crippen molar-refractivity contribution in [1.29, 1.82) is 0 Å². The van der Waals surface area contributed by atoms with Crippen molar-refractivity contribution in [1.82, 2.24) is 4.90 Å². The van der Waals surface area contributed by atoms with Crippen LogP contribution in [-0.4, -0.2) is 24.0 Å². The van der Waals surface area contributed by atoms with Gasteiger partial charge in [-0.25, -0.2) is 0 Å². The first-order chi connectivity index (χ1) is 9.25. The lowest BCUT2D eigenvalue weighted by Gasteiger charge is -2.36. The van der Waals surface area contributed by atoms with Gasteiger partial charge in [0.05, 0.1) is 0 Å². The lowest BCUT2D eigenvalue weighted by Crippen LogP contribution is -2.41. The molecule has 0 bridgehead atoms. The average molecular weight is 259 g/mol. The minimum absolute atomic E-state index is 0.781. The van der Waals surface area contributed by atoms with Crippen molar-refractivity contribution in [2.24, 2.45) is 5.92 Å². The number of nitrogens with zero attached hydrogens (tertiary/aromatic N) is 1. The molecular formula is C18H29N. The quantitative estimate of drug-likeness (QED) is 0.726. The monoisotopic (exact) mass is 259 g/mol. The molecule has 0 spiro atoms. The fourth-order valence-corrected chi connectivity index (χ4v) is 3.17. The summed E-state index contributed by atoms with van der Waals surface area (Å²) in [5.41, 5.74) is 1.50. The summed E-state index contributed by atoms with van der Waals surface area (Å²) in [7, 11) is 0. The second-order valence-corrected chi connectivity index (χ2v) is 6.41. The van der Waals surface area contributed by atoms with Gasteiger partial charge in [-0.15, -0.1) is 0 Å². The molecule has 1 fully saturated rings. The summed E-state index contributed by atoms with van der Waals surface area (Å²) < 4.78 is 0. The van der Waals surface area contributed by atoms with Crippen molar-refractivity contribution in [2.45, 2.75) is 58.4 Å². The minimum Gasteiger partial charge on any atom is -0.300 e. The SMILES string of the molecule is CC(C)CCCN1CCCCC1Cc1ccccc1. The summed E-state index contributed by atoms with van der Waals surface area (Å²) in [6, 6.07) is 11.8. The lowest BCUT2D eigenvalue weighted by molar-refractivity contribution is 0.143. The van der Waals surface area contributed by atoms with Gasteiger partial charge in [-0.05, 0) is 56.7 Å². The molecule has 1 saturated heterocycles. The summed E-state index contributed by atoms with van der Waals surface area (Å²) in [5.74, 6) is 0.845. The first-order valence-corrected chi connectivity index (χ1v) is 8.03. The van der Waals surface area contributed by atoms with Gasteiger partial charge in [-0.1, -0.05) is 50.6 Å². The van der Waals surface area contributed by atoms with Crippen molar-refractivity contribution in [2.75, 3.05) is 13.1 Å². The second kappa shape index (κ2) is 7.69. The molecule has 1 aliphatic rings. The summed E-state index contributed by atoms with van der Waals surface area (Å²) in [6.07, 6.45) is 8.17. The molecule has 106 valence electrons. The van der Waals surface area contributed by atoms with Gasteiger partial charge in [-0.2, -0.15) is 0 Å². The third kappa shape index (κ3) is 4.99. The van der Waals surface area contributed by atoms with Crippen molar-refractivity contribution >= 4 is 0 Å². The van der Waals surface area contributed by atoms with Crippen LogP contribution in [0.4, 0.5) is 0 Å². The number of piperidine rings is 1. The van der Waals surface area contributed by atoms with Gasteiger partial charge in [0.2, 0.25) is 0 Å². The van der Waals surface area contributed by atoms with E-state index in [9.17, 15) is 0 Å². The normalized spacial score (nSPS) is 20.9. The van der Waals surface area contributed by atoms with Crippen LogP contribution in [0.25, 0.3) is 0 Å². The molecule has 0 saturated carbocycles. The molecule has 0 radical (unpaired) electrons. The van der Waals surface area contributed by atoms with E-state index in [0.717, 1.165) is 12.0 Å². The third-order valence-electron chi connectivity index (χ3n) is 4.29. The van der Waals surface area contributed by atoms with Crippen LogP contribution < -0.4 is 0 Å². The number of hydrogen-bond acceptors (Lipinski definition) is 1. The second-order valence-electron chi connectivity index (χ2n) is 6.41. The number of rotatable bonds is 6. The highest BCUT2D eigenvalue weighted by Gasteiger charge is 2.21. The van der Waals surface area contributed by atoms with Gasteiger partial charge in [0.25, 0.3) is 0 Å². The molecule has 1 heterocycles. The lowest BCUT2D eigenvalue weighted by atomic mass is 9.95. The molecule has 0 aliphatic carbocycles. The maximum absolute atomic E-state index is 2.75. The Bertz CT molecular complexity index is 344. The molecule has 1 nitrogen and oxygen atoms in total. The zero-order valence-electron chi connectivity index (χ0n) is 12.6. The van der Waals surface area contributed by atoms with E-state index in [0.29, 0.717) is 0 Å². The Morgan fingerprint density at radius 3 is 2.68 bits per heavy atom. The van der Waals surface area contributed by atoms with Crippen LogP contribution >= 0.6 is 0 Å². The van der Waals surface area contributed by atoms with E-state index in [1.54, 1.807) is 0 Å². The number of likely N-dealkylation sites (tertiary alicyclic amines) is 1. The van der Waals surface area contributed by atoms with Crippen molar-refractivity contribution in [3.8, 4) is 0 Å². The van der Waals surface area contributed by atoms with Gasteiger partial charge in [0.1, 0.15) is 0 Å². The van der Waals surface area contributed by atoms with E-state index in [4.69, 9.17) is 0 Å². The molecule has 0 N–H and O–H groups in total. The molecule has 1 heteroatoms. The van der Waals surface area contributed by atoms with E-state index in [1.165, 1.54) is 57.2 Å². The van der Waals surface area contributed by atoms with E-state index in [1.807, 2.05) is 0 Å². The van der Waals surface area contributed by atoms with Gasteiger partial charge < -0.3 is 4.90 Å². The first-order valence-electron chi connectivity index (χ1n) is 8.03. The Morgan fingerprint density at radius 1 is 1.16 bits per heavy atom. The highest BCUT2D eigenvalue weighted by atomic mass is 15.2. The van der Waals surface area contributed by atoms with Crippen molar-refractivity contribution in [3.63, 3.8) is 0 Å². The molecule has 0 aromatic heterocycles. The Labute approximate surface area is 119 Å². The standard InChI is InChI=1S/C18H29N/c1-16(2)9-8-14-19-13-7-6-12-18(19)15-17-10-4-3-5-11-17/h3-5,10-11,16,18H,6-9,12-15H2,1-2H3. The Kier molecular flexibility index (Phi) is 5.91. The molecule has 2 rings (SSSR count). The predicted molar refractivity (Wildman–Crippen MR) is 83.4 cm³/mol. The molecule has 1 atom stereocenters. The van der Waals surface area contributed by atoms with Gasteiger partial charge in [0.15, 0.2) is 0 Å². The largest absolute Gasteiger partial charge is 0.300 e. The molecular weight excluding hydrogens is 230 g/mol. The third-order valence-corrected chi connectivity index (χ3v) is 4.29. The number of benzene rings is 1. The highest BCUT2D eigenvalue weighted by Crippen LogP contribution is 2.21. The van der Waals surface area contributed by atoms with E-state index < -0.39 is 0 Å². The summed E-state index contributed by atoms with van der Waals surface area (Å²) in [4.78, 5) is 2.75. The molecule has 1 aromatic rings. The Morgan fingerprint density at radius 2 is 1.95 bits per heavy atom. The number of hydrogen-bond donors (Lipinski definition) is 0. The summed E-state index contributed by atoms with van der Waals surface area (Å²) in [5, 5.41) is 0. The van der Waals surface area contributed by atoms with Gasteiger partial charge in [0, 0.05) is 6.04 Å². The summed E-state index contributed by atoms with van der Waals surface area (Å²) in [6.45, 7) is 7.28. The maximum atomic E-state index is 2.75. The topological polar surface area (TPSA) is 3.24 Å². The van der Waals surface area contributed by atoms with Crippen LogP contribution in [0.5, 0.6) is 0 Å². The summed E-state index contributed by atoms with van der Waals surface area (Å²) >= 11 is 0. The van der Waals surface area contributed by atoms with Crippen LogP contribution in [0.3, 0.4) is 0 Å². The zero-order valence-corrected chi connectivity index (χ0v) is 12.6. The van der Waals surface area contributed by atoms with Gasteiger partial charge in [-0.3, -0.25) is 0 Å². The van der Waals surface area contributed by atoms with Crippen LogP contribution in [0.2, 0.25) is 0 Å². The van der Waals surface area contributed by atoms with Crippen molar-refractivity contribution < 1.29 is 0 Å². The molecule has 1 unspecified atom stereocenters. The van der Waals surface area contributed by atoms with Crippen LogP contribution in [0, 0.1) is 5.92 Å². The predicted octanol–water partition coefficient (Wildman–Crippen LogP) is 4.52. The molecule has 1 aliphatic heterocycles. The Balaban J connectivity index is 1.85. The maximum Gasteiger partial charge on any atom is 0.0136 e. The zero-order chi connectivity index (χ0) is 13.5. The van der Waals surface area contributed by atoms with E-state index in [-0.39, 0.29) is 0 Å². The molecule has 1 aromatic carbocycles. The minimum atomic E-state index is 0.781. The van der Waals surface area contributed by atoms with Crippen LogP contribution in [-0.2, 0) is 6.42 Å². The fraction of sp³-hybridized carbons (Fsp3) is 0.667. The van der Waals surface area contributed by atoms with Crippen LogP contribution in [0.1, 0.15) is 51.5 Å². The van der Waals surface area contributed by atoms with Crippen molar-refractivity contribution in [3.05, 3.63) is 35.9 Å². The molecule has 0 amide bonds. The smallest absolute Gasteiger partial charge is 0.0136 e. The highest BCUT2D eigenvalue weighted by molar-refractivity contribution is 5.16. The van der Waals surface area contributed by atoms with Gasteiger partial charge >= 0.3 is 0 Å². The first kappa shape index (κ1) is 14.6.